The van der Waals surface area contributed by atoms with Gasteiger partial charge in [0, 0.05) is 0 Å². The van der Waals surface area contributed by atoms with Crippen LogP contribution in [0.15, 0.2) is 98.1 Å². The molecule has 1 aliphatic rings. The molecule has 0 heterocycles. The third-order valence-electron chi connectivity index (χ3n) is 5.81. The second-order valence-electron chi connectivity index (χ2n) is 9.31. The average molecular weight is 591 g/mol. The van der Waals surface area contributed by atoms with Gasteiger partial charge in [0.1, 0.15) is 0 Å². The number of hydrogen-bond acceptors (Lipinski definition) is 0. The molecule has 0 saturated heterocycles. The standard InChI is InChI=1S/C17H13.C9H13.C7H6.2ClH.Zr/c1-3-12-5-7-14-11-15-8-6-13(4-2)10-17(15)16(14)9-12;1-9(2,3)8-6-4-5-7-8;1-7-5-3-2-4-6-7;;;/h3-7,9-10H,1-2,11H2;4-7H,1-3H3;1-6H;2*1H;/q2*-1;;;;+2/p-2. The Morgan fingerprint density at radius 1 is 0.861 bits per heavy atom. The van der Waals surface area contributed by atoms with E-state index in [1.165, 1.54) is 63.2 Å². The van der Waals surface area contributed by atoms with E-state index in [9.17, 15) is 0 Å². The SMILES string of the molecule is C=Cc1c[c-]c2c(c1)-c1cc(C=C)ccc1C2.CC(C)(C)c1cc[cH-]c1.[Cl-].[Cl-].[Zr+2]=[CH]c1ccccc1. The van der Waals surface area contributed by atoms with E-state index < -0.39 is 0 Å². The first-order chi connectivity index (χ1) is 16.4. The summed E-state index contributed by atoms with van der Waals surface area (Å²) in [5.41, 5.74) is 10.6. The van der Waals surface area contributed by atoms with Gasteiger partial charge in [-0.15, -0.1) is 23.8 Å². The maximum atomic E-state index is 3.82. The van der Waals surface area contributed by atoms with Crippen LogP contribution in [0.1, 0.15) is 54.2 Å². The Labute approximate surface area is 244 Å². The third kappa shape index (κ3) is 8.74. The van der Waals surface area contributed by atoms with E-state index in [2.05, 4.69) is 117 Å². The molecule has 36 heavy (non-hydrogen) atoms. The number of hydrogen-bond donors (Lipinski definition) is 0. The van der Waals surface area contributed by atoms with Crippen molar-refractivity contribution >= 4 is 15.9 Å². The molecule has 3 heteroatoms. The zero-order valence-electron chi connectivity index (χ0n) is 21.2. The first-order valence-corrected chi connectivity index (χ1v) is 13.0. The number of rotatable bonds is 3. The van der Waals surface area contributed by atoms with Crippen molar-refractivity contribution in [1.82, 2.24) is 0 Å². The topological polar surface area (TPSA) is 0 Å². The number of halogens is 2. The monoisotopic (exact) mass is 588 g/mol. The van der Waals surface area contributed by atoms with Crippen molar-refractivity contribution in [1.29, 1.82) is 0 Å². The fourth-order valence-electron chi connectivity index (χ4n) is 3.79. The van der Waals surface area contributed by atoms with Crippen LogP contribution in [0.25, 0.3) is 23.3 Å². The number of fused-ring (bicyclic) bond motifs is 3. The predicted octanol–water partition coefficient (Wildman–Crippen LogP) is 2.44. The molecule has 0 spiro atoms. The molecular formula is C33H32Cl2Zr-2. The van der Waals surface area contributed by atoms with Crippen LogP contribution in [0.2, 0.25) is 0 Å². The summed E-state index contributed by atoms with van der Waals surface area (Å²) in [5, 5.41) is 0. The van der Waals surface area contributed by atoms with Crippen molar-refractivity contribution in [3.05, 3.63) is 138 Å². The summed E-state index contributed by atoms with van der Waals surface area (Å²) < 4.78 is 2.17. The molecule has 4 aromatic rings. The van der Waals surface area contributed by atoms with Crippen molar-refractivity contribution in [2.75, 3.05) is 0 Å². The van der Waals surface area contributed by atoms with Crippen LogP contribution in [-0.4, -0.2) is 3.71 Å². The molecule has 5 rings (SSSR count). The molecule has 0 atom stereocenters. The zero-order chi connectivity index (χ0) is 24.6. The van der Waals surface area contributed by atoms with Gasteiger partial charge in [0.05, 0.1) is 0 Å². The van der Waals surface area contributed by atoms with Gasteiger partial charge >= 0.3 is 63.8 Å². The van der Waals surface area contributed by atoms with Crippen LogP contribution in [0.5, 0.6) is 0 Å². The fourth-order valence-corrected chi connectivity index (χ4v) is 4.26. The van der Waals surface area contributed by atoms with Crippen molar-refractivity contribution in [2.45, 2.75) is 32.6 Å². The Morgan fingerprint density at radius 2 is 1.53 bits per heavy atom. The van der Waals surface area contributed by atoms with Crippen LogP contribution in [0.3, 0.4) is 0 Å². The zero-order valence-corrected chi connectivity index (χ0v) is 25.2. The van der Waals surface area contributed by atoms with E-state index in [1.54, 1.807) is 0 Å². The molecule has 0 fully saturated rings. The van der Waals surface area contributed by atoms with Crippen LogP contribution < -0.4 is 24.8 Å². The van der Waals surface area contributed by atoms with Gasteiger partial charge in [0.25, 0.3) is 0 Å². The quantitative estimate of drug-likeness (QED) is 0.284. The van der Waals surface area contributed by atoms with Gasteiger partial charge in [-0.1, -0.05) is 68.2 Å². The summed E-state index contributed by atoms with van der Waals surface area (Å²) >= 11 is 1.46. The summed E-state index contributed by atoms with van der Waals surface area (Å²) in [7, 11) is 0. The molecule has 0 nitrogen and oxygen atoms in total. The molecule has 0 aliphatic heterocycles. The van der Waals surface area contributed by atoms with Gasteiger partial charge in [-0.3, -0.25) is 0 Å². The van der Waals surface area contributed by atoms with Gasteiger partial charge in [-0.05, 0) is 12.0 Å². The molecule has 0 unspecified atom stereocenters. The normalized spacial score (nSPS) is 10.5. The predicted molar refractivity (Wildman–Crippen MR) is 146 cm³/mol. The summed E-state index contributed by atoms with van der Waals surface area (Å²) in [6.07, 6.45) is 4.74. The molecule has 0 N–H and O–H groups in total. The molecule has 4 aromatic carbocycles. The fraction of sp³-hybridized carbons (Fsp3) is 0.152. The molecule has 0 radical (unpaired) electrons. The van der Waals surface area contributed by atoms with E-state index in [0.29, 0.717) is 5.41 Å². The minimum absolute atomic E-state index is 0. The second-order valence-corrected chi connectivity index (χ2v) is 10.0. The average Bonchev–Trinajstić information content (AvgIpc) is 3.53. The molecular weight excluding hydrogens is 558 g/mol. The summed E-state index contributed by atoms with van der Waals surface area (Å²) in [5.74, 6) is 0. The van der Waals surface area contributed by atoms with Crippen molar-refractivity contribution in [2.24, 2.45) is 0 Å². The summed E-state index contributed by atoms with van der Waals surface area (Å²) in [6.45, 7) is 14.3. The van der Waals surface area contributed by atoms with Gasteiger partial charge in [0.2, 0.25) is 0 Å². The van der Waals surface area contributed by atoms with Crippen molar-refractivity contribution in [3.8, 4) is 11.1 Å². The summed E-state index contributed by atoms with van der Waals surface area (Å²) in [6, 6.07) is 32.9. The van der Waals surface area contributed by atoms with Crippen molar-refractivity contribution in [3.63, 3.8) is 0 Å². The molecule has 0 saturated carbocycles. The Morgan fingerprint density at radius 3 is 2.03 bits per heavy atom. The minimum atomic E-state index is 0. The Kier molecular flexibility index (Phi) is 13.4. The second kappa shape index (κ2) is 15.2. The Balaban J connectivity index is 0.000000291. The van der Waals surface area contributed by atoms with E-state index in [1.807, 2.05) is 24.3 Å². The van der Waals surface area contributed by atoms with E-state index in [0.717, 1.165) is 12.0 Å². The van der Waals surface area contributed by atoms with Gasteiger partial charge < -0.3 is 24.8 Å². The molecule has 184 valence electrons. The molecule has 0 bridgehead atoms. The van der Waals surface area contributed by atoms with E-state index in [4.69, 9.17) is 0 Å². The number of benzene rings is 3. The molecule has 0 amide bonds. The van der Waals surface area contributed by atoms with Gasteiger partial charge in [-0.2, -0.15) is 47.5 Å². The van der Waals surface area contributed by atoms with Crippen LogP contribution >= 0.6 is 0 Å². The van der Waals surface area contributed by atoms with Crippen LogP contribution in [-0.2, 0) is 36.1 Å². The van der Waals surface area contributed by atoms with E-state index >= 15 is 0 Å². The third-order valence-corrected chi connectivity index (χ3v) is 6.63. The molecule has 0 aromatic heterocycles. The van der Waals surface area contributed by atoms with Gasteiger partial charge in [-0.25, -0.2) is 6.07 Å². The maximum absolute atomic E-state index is 3.82. The summed E-state index contributed by atoms with van der Waals surface area (Å²) in [4.78, 5) is 0. The van der Waals surface area contributed by atoms with E-state index in [-0.39, 0.29) is 24.8 Å². The Bertz CT molecular complexity index is 1190. The van der Waals surface area contributed by atoms with Gasteiger partial charge in [0.15, 0.2) is 0 Å². The van der Waals surface area contributed by atoms with Crippen LogP contribution in [0.4, 0.5) is 0 Å². The van der Waals surface area contributed by atoms with Crippen molar-refractivity contribution < 1.29 is 49.0 Å². The molecule has 1 aliphatic carbocycles. The van der Waals surface area contributed by atoms with Crippen LogP contribution in [0, 0.1) is 6.07 Å². The first-order valence-electron chi connectivity index (χ1n) is 11.6. The Hall–Kier alpha value is -2.18. The first kappa shape index (κ1) is 31.9.